The molecule has 0 spiro atoms. The molecule has 0 bridgehead atoms. The van der Waals surface area contributed by atoms with E-state index in [1.807, 2.05) is 0 Å². The molecular weight excluding hydrogens is 320 g/mol. The Balaban J connectivity index is 2.23. The fourth-order valence-electron chi connectivity index (χ4n) is 1.28. The van der Waals surface area contributed by atoms with Crippen molar-refractivity contribution in [1.82, 2.24) is 10.3 Å². The lowest BCUT2D eigenvalue weighted by Crippen LogP contribution is -2.14. The zero-order chi connectivity index (χ0) is 14.0. The van der Waals surface area contributed by atoms with E-state index in [4.69, 9.17) is 10.8 Å². The molecule has 0 saturated heterocycles. The number of benzene rings is 1. The summed E-state index contributed by atoms with van der Waals surface area (Å²) in [7, 11) is 0. The van der Waals surface area contributed by atoms with Crippen molar-refractivity contribution >= 4 is 39.3 Å². The lowest BCUT2D eigenvalue weighted by molar-refractivity contribution is 0.0696. The van der Waals surface area contributed by atoms with Crippen molar-refractivity contribution in [3.8, 4) is 0 Å². The van der Waals surface area contributed by atoms with Gasteiger partial charge in [-0.3, -0.25) is 4.79 Å². The molecular formula is C10H7BrN4O4. The highest BCUT2D eigenvalue weighted by Crippen LogP contribution is 2.24. The summed E-state index contributed by atoms with van der Waals surface area (Å²) in [6.07, 6.45) is 0. The van der Waals surface area contributed by atoms with E-state index < -0.39 is 11.9 Å². The van der Waals surface area contributed by atoms with Gasteiger partial charge in [0.2, 0.25) is 11.5 Å². The summed E-state index contributed by atoms with van der Waals surface area (Å²) >= 11 is 3.16. The van der Waals surface area contributed by atoms with Crippen LogP contribution in [0.5, 0.6) is 0 Å². The first kappa shape index (κ1) is 13.0. The molecule has 1 aromatic carbocycles. The summed E-state index contributed by atoms with van der Waals surface area (Å²) in [6, 6.07) is 4.16. The summed E-state index contributed by atoms with van der Waals surface area (Å²) < 4.78 is 4.72. The Morgan fingerprint density at radius 3 is 2.63 bits per heavy atom. The zero-order valence-corrected chi connectivity index (χ0v) is 10.8. The smallest absolute Gasteiger partial charge is 0.335 e. The molecule has 9 heteroatoms. The molecule has 0 unspecified atom stereocenters. The Kier molecular flexibility index (Phi) is 3.47. The first-order valence-corrected chi connectivity index (χ1v) is 5.70. The second kappa shape index (κ2) is 5.06. The highest BCUT2D eigenvalue weighted by molar-refractivity contribution is 9.10. The Morgan fingerprint density at radius 2 is 2.11 bits per heavy atom. The van der Waals surface area contributed by atoms with Crippen molar-refractivity contribution < 1.29 is 19.3 Å². The lowest BCUT2D eigenvalue weighted by Gasteiger charge is -2.06. The number of hydrogen-bond acceptors (Lipinski definition) is 6. The van der Waals surface area contributed by atoms with Gasteiger partial charge in [0, 0.05) is 4.47 Å². The predicted octanol–water partition coefficient (Wildman–Crippen LogP) is 1.36. The van der Waals surface area contributed by atoms with Gasteiger partial charge < -0.3 is 16.2 Å². The topological polar surface area (TPSA) is 131 Å². The number of aromatic nitrogens is 2. The van der Waals surface area contributed by atoms with Crippen LogP contribution in [0.3, 0.4) is 0 Å². The standard InChI is InChI=1S/C10H7BrN4O4/c11-5-3-4(10(17)18)1-2-6(5)13-9(16)7-8(12)15-19-14-7/h1-3H,(H2,12,15)(H,13,16)(H,17,18). The van der Waals surface area contributed by atoms with E-state index in [0.29, 0.717) is 10.2 Å². The van der Waals surface area contributed by atoms with E-state index in [1.54, 1.807) is 0 Å². The van der Waals surface area contributed by atoms with Gasteiger partial charge in [0.05, 0.1) is 11.3 Å². The predicted molar refractivity (Wildman–Crippen MR) is 67.8 cm³/mol. The SMILES string of the molecule is Nc1nonc1C(=O)Nc1ccc(C(=O)O)cc1Br. The van der Waals surface area contributed by atoms with Gasteiger partial charge in [-0.25, -0.2) is 9.42 Å². The van der Waals surface area contributed by atoms with Crippen LogP contribution in [-0.4, -0.2) is 27.3 Å². The van der Waals surface area contributed by atoms with Crippen molar-refractivity contribution in [2.24, 2.45) is 0 Å². The minimum atomic E-state index is -1.07. The Labute approximate surface area is 114 Å². The van der Waals surface area contributed by atoms with Gasteiger partial charge >= 0.3 is 5.97 Å². The van der Waals surface area contributed by atoms with Gasteiger partial charge in [-0.1, -0.05) is 0 Å². The number of carbonyl (C=O) groups is 2. The number of carboxylic acids is 1. The maximum atomic E-state index is 11.8. The number of amides is 1. The van der Waals surface area contributed by atoms with Crippen LogP contribution in [0.4, 0.5) is 11.5 Å². The van der Waals surface area contributed by atoms with E-state index in [9.17, 15) is 9.59 Å². The Hall–Kier alpha value is -2.42. The number of anilines is 2. The Bertz CT molecular complexity index is 655. The van der Waals surface area contributed by atoms with Crippen molar-refractivity contribution in [1.29, 1.82) is 0 Å². The second-order valence-electron chi connectivity index (χ2n) is 3.45. The minimum absolute atomic E-state index is 0.0903. The third kappa shape index (κ3) is 2.71. The number of nitrogen functional groups attached to an aromatic ring is 1. The summed E-state index contributed by atoms with van der Waals surface area (Å²) in [5.41, 5.74) is 5.70. The van der Waals surface area contributed by atoms with Crippen LogP contribution in [-0.2, 0) is 0 Å². The molecule has 8 nitrogen and oxygen atoms in total. The molecule has 2 aromatic rings. The monoisotopic (exact) mass is 326 g/mol. The first-order valence-electron chi connectivity index (χ1n) is 4.91. The van der Waals surface area contributed by atoms with Gasteiger partial charge in [0.15, 0.2) is 0 Å². The molecule has 0 aliphatic rings. The molecule has 0 saturated carbocycles. The quantitative estimate of drug-likeness (QED) is 0.775. The van der Waals surface area contributed by atoms with Crippen LogP contribution in [0, 0.1) is 0 Å². The largest absolute Gasteiger partial charge is 0.478 e. The van der Waals surface area contributed by atoms with Crippen molar-refractivity contribution in [2.75, 3.05) is 11.1 Å². The molecule has 2 rings (SSSR count). The number of carbonyl (C=O) groups excluding carboxylic acids is 1. The number of nitrogens with zero attached hydrogens (tertiary/aromatic N) is 2. The molecule has 1 amide bonds. The van der Waals surface area contributed by atoms with Crippen LogP contribution in [0.2, 0.25) is 0 Å². The normalized spacial score (nSPS) is 10.2. The van der Waals surface area contributed by atoms with E-state index in [2.05, 4.69) is 36.2 Å². The average molecular weight is 327 g/mol. The number of aromatic carboxylic acids is 1. The Morgan fingerprint density at radius 1 is 1.37 bits per heavy atom. The lowest BCUT2D eigenvalue weighted by atomic mass is 10.2. The maximum absolute atomic E-state index is 11.8. The number of nitrogens with one attached hydrogen (secondary N) is 1. The van der Waals surface area contributed by atoms with Crippen LogP contribution in [0.1, 0.15) is 20.8 Å². The van der Waals surface area contributed by atoms with Crippen LogP contribution >= 0.6 is 15.9 Å². The van der Waals surface area contributed by atoms with E-state index in [0.717, 1.165) is 0 Å². The van der Waals surface area contributed by atoms with Gasteiger partial charge in [-0.05, 0) is 44.4 Å². The molecule has 0 aliphatic heterocycles. The molecule has 1 aromatic heterocycles. The van der Waals surface area contributed by atoms with Crippen LogP contribution < -0.4 is 11.1 Å². The van der Waals surface area contributed by atoms with Crippen LogP contribution in [0.15, 0.2) is 27.3 Å². The fraction of sp³-hybridized carbons (Fsp3) is 0. The number of hydrogen-bond donors (Lipinski definition) is 3. The molecule has 0 radical (unpaired) electrons. The molecule has 98 valence electrons. The minimum Gasteiger partial charge on any atom is -0.478 e. The number of nitrogens with two attached hydrogens (primary N) is 1. The zero-order valence-electron chi connectivity index (χ0n) is 9.25. The third-order valence-electron chi connectivity index (χ3n) is 2.19. The molecule has 0 fully saturated rings. The van der Waals surface area contributed by atoms with Crippen molar-refractivity contribution in [3.63, 3.8) is 0 Å². The molecule has 0 aliphatic carbocycles. The van der Waals surface area contributed by atoms with E-state index in [-0.39, 0.29) is 17.1 Å². The molecule has 4 N–H and O–H groups in total. The number of halogens is 1. The summed E-state index contributed by atoms with van der Waals surface area (Å²) in [6.45, 7) is 0. The van der Waals surface area contributed by atoms with Crippen molar-refractivity contribution in [3.05, 3.63) is 33.9 Å². The summed E-state index contributed by atoms with van der Waals surface area (Å²) in [5, 5.41) is 17.9. The van der Waals surface area contributed by atoms with Gasteiger partial charge in [0.25, 0.3) is 5.91 Å². The second-order valence-corrected chi connectivity index (χ2v) is 4.31. The highest BCUT2D eigenvalue weighted by Gasteiger charge is 2.17. The molecule has 19 heavy (non-hydrogen) atoms. The van der Waals surface area contributed by atoms with Crippen LogP contribution in [0.25, 0.3) is 0 Å². The molecule has 0 atom stereocenters. The highest BCUT2D eigenvalue weighted by atomic mass is 79.9. The number of carboxylic acid groups (broad SMARTS) is 1. The first-order chi connectivity index (χ1) is 8.99. The van der Waals surface area contributed by atoms with Gasteiger partial charge in [-0.15, -0.1) is 0 Å². The summed E-state index contributed by atoms with van der Waals surface area (Å²) in [5.74, 6) is -1.80. The van der Waals surface area contributed by atoms with E-state index in [1.165, 1.54) is 18.2 Å². The molecule has 1 heterocycles. The number of rotatable bonds is 3. The fourth-order valence-corrected chi connectivity index (χ4v) is 1.76. The maximum Gasteiger partial charge on any atom is 0.335 e. The van der Waals surface area contributed by atoms with Crippen molar-refractivity contribution in [2.45, 2.75) is 0 Å². The van der Waals surface area contributed by atoms with Gasteiger partial charge in [0.1, 0.15) is 0 Å². The third-order valence-corrected chi connectivity index (χ3v) is 2.85. The average Bonchev–Trinajstić information content (AvgIpc) is 2.77. The van der Waals surface area contributed by atoms with E-state index >= 15 is 0 Å². The summed E-state index contributed by atoms with van der Waals surface area (Å²) in [4.78, 5) is 22.5. The van der Waals surface area contributed by atoms with Gasteiger partial charge in [-0.2, -0.15) is 0 Å².